The van der Waals surface area contributed by atoms with Crippen LogP contribution in [0, 0.1) is 0 Å². The maximum atomic E-state index is 5.80. The number of halogens is 1. The molecule has 0 spiro atoms. The van der Waals surface area contributed by atoms with E-state index in [1.165, 1.54) is 5.56 Å². The van der Waals surface area contributed by atoms with Crippen molar-refractivity contribution in [2.45, 2.75) is 33.0 Å². The molecule has 0 aliphatic carbocycles. The minimum atomic E-state index is 0.482. The molecule has 0 saturated carbocycles. The molecule has 2 rings (SSSR count). The van der Waals surface area contributed by atoms with E-state index in [9.17, 15) is 0 Å². The molecule has 106 valence electrons. The number of hydrogen-bond acceptors (Lipinski definition) is 3. The van der Waals surface area contributed by atoms with Crippen LogP contribution >= 0.6 is 15.9 Å². The summed E-state index contributed by atoms with van der Waals surface area (Å²) in [5, 5.41) is 3.40. The normalized spacial score (nSPS) is 10.8. The van der Waals surface area contributed by atoms with Gasteiger partial charge in [-0.25, -0.2) is 0 Å². The topological polar surface area (TPSA) is 34.1 Å². The molecular weight excluding hydrogens is 316 g/mol. The van der Waals surface area contributed by atoms with Crippen molar-refractivity contribution in [3.05, 3.63) is 58.3 Å². The maximum Gasteiger partial charge on any atom is 0.134 e. The first-order valence-electron chi connectivity index (χ1n) is 6.68. The fourth-order valence-electron chi connectivity index (χ4n) is 1.74. The molecule has 0 amide bonds. The van der Waals surface area contributed by atoms with Crippen LogP contribution in [0.5, 0.6) is 5.75 Å². The van der Waals surface area contributed by atoms with Crippen LogP contribution in [-0.4, -0.2) is 11.0 Å². The summed E-state index contributed by atoms with van der Waals surface area (Å²) in [5.41, 5.74) is 2.30. The lowest BCUT2D eigenvalue weighted by molar-refractivity contribution is 0.303. The minimum absolute atomic E-state index is 0.482. The van der Waals surface area contributed by atoms with Gasteiger partial charge in [0.15, 0.2) is 0 Å². The fourth-order valence-corrected chi connectivity index (χ4v) is 2.28. The molecule has 0 aliphatic heterocycles. The molecule has 3 nitrogen and oxygen atoms in total. The lowest BCUT2D eigenvalue weighted by atomic mass is 10.2. The average molecular weight is 335 g/mol. The maximum absolute atomic E-state index is 5.80. The van der Waals surface area contributed by atoms with Crippen molar-refractivity contribution >= 4 is 15.9 Å². The predicted octanol–water partition coefficient (Wildman–Crippen LogP) is 3.92. The molecule has 0 fully saturated rings. The predicted molar refractivity (Wildman–Crippen MR) is 84.7 cm³/mol. The molecule has 1 N–H and O–H groups in total. The summed E-state index contributed by atoms with van der Waals surface area (Å²) in [5.74, 6) is 0.849. The fraction of sp³-hybridized carbons (Fsp3) is 0.312. The summed E-state index contributed by atoms with van der Waals surface area (Å²) in [4.78, 5) is 4.07. The molecular formula is C16H19BrN2O. The lowest BCUT2D eigenvalue weighted by Crippen LogP contribution is -2.21. The van der Waals surface area contributed by atoms with E-state index in [0.29, 0.717) is 12.6 Å². The quantitative estimate of drug-likeness (QED) is 0.869. The third-order valence-corrected chi connectivity index (χ3v) is 3.45. The van der Waals surface area contributed by atoms with E-state index in [1.54, 1.807) is 6.20 Å². The van der Waals surface area contributed by atoms with Gasteiger partial charge in [0, 0.05) is 30.5 Å². The molecule has 0 unspecified atom stereocenters. The third kappa shape index (κ3) is 4.62. The van der Waals surface area contributed by atoms with Crippen molar-refractivity contribution in [1.82, 2.24) is 10.3 Å². The Bertz CT molecular complexity index is 543. The van der Waals surface area contributed by atoms with Crippen LogP contribution in [0.1, 0.15) is 25.0 Å². The first-order chi connectivity index (χ1) is 9.65. The molecule has 1 aromatic heterocycles. The van der Waals surface area contributed by atoms with E-state index in [0.717, 1.165) is 22.3 Å². The largest absolute Gasteiger partial charge is 0.488 e. The second-order valence-corrected chi connectivity index (χ2v) is 5.80. The van der Waals surface area contributed by atoms with E-state index in [4.69, 9.17) is 4.74 Å². The van der Waals surface area contributed by atoms with Crippen LogP contribution < -0.4 is 10.1 Å². The molecule has 0 aliphatic rings. The molecule has 1 heterocycles. The van der Waals surface area contributed by atoms with Crippen LogP contribution in [0.25, 0.3) is 0 Å². The van der Waals surface area contributed by atoms with Crippen LogP contribution in [-0.2, 0) is 13.2 Å². The molecule has 20 heavy (non-hydrogen) atoms. The van der Waals surface area contributed by atoms with E-state index < -0.39 is 0 Å². The zero-order chi connectivity index (χ0) is 14.4. The zero-order valence-electron chi connectivity index (χ0n) is 11.8. The molecule has 1 aromatic carbocycles. The number of nitrogens with zero attached hydrogens (tertiary/aromatic N) is 1. The van der Waals surface area contributed by atoms with Crippen molar-refractivity contribution in [2.75, 3.05) is 0 Å². The summed E-state index contributed by atoms with van der Waals surface area (Å²) < 4.78 is 6.77. The highest BCUT2D eigenvalue weighted by molar-refractivity contribution is 9.10. The highest BCUT2D eigenvalue weighted by atomic mass is 79.9. The van der Waals surface area contributed by atoms with Gasteiger partial charge in [0.25, 0.3) is 0 Å². The van der Waals surface area contributed by atoms with Gasteiger partial charge in [-0.1, -0.05) is 26.0 Å². The van der Waals surface area contributed by atoms with Crippen molar-refractivity contribution in [3.8, 4) is 5.75 Å². The Labute approximate surface area is 128 Å². The van der Waals surface area contributed by atoms with Crippen molar-refractivity contribution < 1.29 is 4.74 Å². The van der Waals surface area contributed by atoms with Gasteiger partial charge in [-0.15, -0.1) is 0 Å². The van der Waals surface area contributed by atoms with Crippen LogP contribution in [0.3, 0.4) is 0 Å². The summed E-state index contributed by atoms with van der Waals surface area (Å²) >= 11 is 3.56. The van der Waals surface area contributed by atoms with Gasteiger partial charge in [-0.05, 0) is 39.7 Å². The van der Waals surface area contributed by atoms with Crippen molar-refractivity contribution in [1.29, 1.82) is 0 Å². The Hall–Kier alpha value is -1.39. The van der Waals surface area contributed by atoms with Crippen molar-refractivity contribution in [2.24, 2.45) is 0 Å². The van der Waals surface area contributed by atoms with Gasteiger partial charge in [0.1, 0.15) is 12.4 Å². The number of hydrogen-bond donors (Lipinski definition) is 1. The van der Waals surface area contributed by atoms with Crippen LogP contribution in [0.2, 0.25) is 0 Å². The first-order valence-corrected chi connectivity index (χ1v) is 7.48. The summed E-state index contributed by atoms with van der Waals surface area (Å²) in [6.07, 6.45) is 3.57. The number of rotatable bonds is 6. The Kier molecular flexibility index (Phi) is 5.56. The van der Waals surface area contributed by atoms with E-state index >= 15 is 0 Å². The summed E-state index contributed by atoms with van der Waals surface area (Å²) in [6.45, 7) is 5.66. The SMILES string of the molecule is CC(C)NCc1ccc(OCc2cccnc2)c(Br)c1. The van der Waals surface area contributed by atoms with Gasteiger partial charge < -0.3 is 10.1 Å². The molecule has 0 radical (unpaired) electrons. The molecule has 4 heteroatoms. The van der Waals surface area contributed by atoms with E-state index in [1.807, 2.05) is 24.4 Å². The minimum Gasteiger partial charge on any atom is -0.488 e. The van der Waals surface area contributed by atoms with Crippen molar-refractivity contribution in [3.63, 3.8) is 0 Å². The van der Waals surface area contributed by atoms with Crippen LogP contribution in [0.4, 0.5) is 0 Å². The summed E-state index contributed by atoms with van der Waals surface area (Å²) in [7, 11) is 0. The highest BCUT2D eigenvalue weighted by Gasteiger charge is 2.04. The summed E-state index contributed by atoms with van der Waals surface area (Å²) in [6, 6.07) is 10.6. The average Bonchev–Trinajstić information content (AvgIpc) is 2.45. The molecule has 2 aromatic rings. The van der Waals surface area contributed by atoms with Gasteiger partial charge >= 0.3 is 0 Å². The number of nitrogens with one attached hydrogen (secondary N) is 1. The van der Waals surface area contributed by atoms with Gasteiger partial charge in [-0.3, -0.25) is 4.98 Å². The second kappa shape index (κ2) is 7.41. The first kappa shape index (κ1) is 15.0. The van der Waals surface area contributed by atoms with E-state index in [-0.39, 0.29) is 0 Å². The Morgan fingerprint density at radius 3 is 2.75 bits per heavy atom. The Morgan fingerprint density at radius 1 is 1.25 bits per heavy atom. The Morgan fingerprint density at radius 2 is 2.10 bits per heavy atom. The van der Waals surface area contributed by atoms with Crippen LogP contribution in [0.15, 0.2) is 47.2 Å². The third-order valence-electron chi connectivity index (χ3n) is 2.83. The number of pyridine rings is 1. The van der Waals surface area contributed by atoms with Gasteiger partial charge in [0.05, 0.1) is 4.47 Å². The van der Waals surface area contributed by atoms with Gasteiger partial charge in [0.2, 0.25) is 0 Å². The number of ether oxygens (including phenoxy) is 1. The molecule has 0 atom stereocenters. The zero-order valence-corrected chi connectivity index (χ0v) is 13.4. The monoisotopic (exact) mass is 334 g/mol. The molecule has 0 bridgehead atoms. The van der Waals surface area contributed by atoms with Gasteiger partial charge in [-0.2, -0.15) is 0 Å². The lowest BCUT2D eigenvalue weighted by Gasteiger charge is -2.11. The Balaban J connectivity index is 1.95. The smallest absolute Gasteiger partial charge is 0.134 e. The standard InChI is InChI=1S/C16H19BrN2O/c1-12(2)19-10-13-5-6-16(15(17)8-13)20-11-14-4-3-7-18-9-14/h3-9,12,19H,10-11H2,1-2H3. The second-order valence-electron chi connectivity index (χ2n) is 4.95. The van der Waals surface area contributed by atoms with E-state index in [2.05, 4.69) is 52.2 Å². The molecule has 0 saturated heterocycles. The number of benzene rings is 1. The highest BCUT2D eigenvalue weighted by Crippen LogP contribution is 2.26. The number of aromatic nitrogens is 1.